The molecule has 118 valence electrons. The van der Waals surface area contributed by atoms with Crippen LogP contribution in [0.3, 0.4) is 0 Å². The van der Waals surface area contributed by atoms with Gasteiger partial charge in [-0.05, 0) is 36.8 Å². The second-order valence-corrected chi connectivity index (χ2v) is 6.28. The van der Waals surface area contributed by atoms with E-state index in [4.69, 9.17) is 0 Å². The molecule has 1 aromatic carbocycles. The van der Waals surface area contributed by atoms with Gasteiger partial charge in [-0.3, -0.25) is 19.7 Å². The van der Waals surface area contributed by atoms with Crippen LogP contribution in [0.25, 0.3) is 0 Å². The number of carbonyl (C=O) groups is 2. The zero-order chi connectivity index (χ0) is 16.3. The van der Waals surface area contributed by atoms with Gasteiger partial charge in [-0.1, -0.05) is 12.2 Å². The van der Waals surface area contributed by atoms with Crippen molar-refractivity contribution in [3.8, 4) is 5.75 Å². The number of imide groups is 1. The van der Waals surface area contributed by atoms with Crippen molar-refractivity contribution in [1.29, 1.82) is 0 Å². The van der Waals surface area contributed by atoms with E-state index in [-0.39, 0.29) is 41.2 Å². The van der Waals surface area contributed by atoms with Crippen molar-refractivity contribution in [1.82, 2.24) is 0 Å². The van der Waals surface area contributed by atoms with Crippen molar-refractivity contribution >= 4 is 23.2 Å². The van der Waals surface area contributed by atoms with Gasteiger partial charge in [0.25, 0.3) is 0 Å². The summed E-state index contributed by atoms with van der Waals surface area (Å²) in [6.07, 6.45) is 5.82. The maximum Gasteiger partial charge on any atom is 0.312 e. The van der Waals surface area contributed by atoms with Crippen LogP contribution < -0.4 is 4.90 Å². The highest BCUT2D eigenvalue weighted by molar-refractivity contribution is 6.22. The number of carbonyl (C=O) groups excluding carboxylic acids is 2. The Hall–Kier alpha value is -2.70. The summed E-state index contributed by atoms with van der Waals surface area (Å²) in [5.74, 6) is -1.66. The molecule has 1 N–H and O–H groups in total. The Morgan fingerprint density at radius 1 is 1.09 bits per heavy atom. The largest absolute Gasteiger partial charge is 0.502 e. The Morgan fingerprint density at radius 2 is 1.65 bits per heavy atom. The minimum atomic E-state index is -0.734. The molecule has 4 atom stereocenters. The van der Waals surface area contributed by atoms with E-state index in [2.05, 4.69) is 0 Å². The first-order valence-electron chi connectivity index (χ1n) is 7.52. The molecule has 1 aromatic rings. The zero-order valence-corrected chi connectivity index (χ0v) is 12.1. The fraction of sp³-hybridized carbons (Fsp3) is 0.375. The standard InChI is InChI=1S/C16H14N2O5/c19-12-6-5-10(7-11(12)18(22)23)17-15(20)13-8-1-2-9(4-3-8)14(13)16(17)21/h1-2,5-9,13-14,19H,3-4H2/t8-,9+,13-,14+. The Labute approximate surface area is 131 Å². The number of phenolic OH excluding ortho intramolecular Hbond substituents is 1. The van der Waals surface area contributed by atoms with Crippen molar-refractivity contribution in [3.05, 3.63) is 40.5 Å². The topological polar surface area (TPSA) is 101 Å². The Bertz CT molecular complexity index is 740. The summed E-state index contributed by atoms with van der Waals surface area (Å²) < 4.78 is 0. The SMILES string of the molecule is O=C1[C@@H]2[C@H](C(=O)N1c1ccc(O)c([N+](=O)[O-])c1)[C@@H]1C=C[C@H]2CC1. The van der Waals surface area contributed by atoms with Gasteiger partial charge < -0.3 is 5.11 Å². The van der Waals surface area contributed by atoms with Gasteiger partial charge >= 0.3 is 5.69 Å². The summed E-state index contributed by atoms with van der Waals surface area (Å²) in [7, 11) is 0. The third-order valence-electron chi connectivity index (χ3n) is 5.17. The first kappa shape index (κ1) is 13.9. The molecule has 2 amide bonds. The van der Waals surface area contributed by atoms with Crippen molar-refractivity contribution in [2.45, 2.75) is 12.8 Å². The van der Waals surface area contributed by atoms with Gasteiger partial charge in [0.2, 0.25) is 11.8 Å². The molecule has 1 saturated carbocycles. The molecule has 7 nitrogen and oxygen atoms in total. The molecule has 1 saturated heterocycles. The molecule has 0 unspecified atom stereocenters. The molecular weight excluding hydrogens is 300 g/mol. The molecule has 3 aliphatic carbocycles. The van der Waals surface area contributed by atoms with Gasteiger partial charge in [0.1, 0.15) is 0 Å². The lowest BCUT2D eigenvalue weighted by Crippen LogP contribution is -2.38. The Morgan fingerprint density at radius 3 is 2.13 bits per heavy atom. The predicted molar refractivity (Wildman–Crippen MR) is 79.6 cm³/mol. The molecular formula is C16H14N2O5. The van der Waals surface area contributed by atoms with Crippen LogP contribution in [0.5, 0.6) is 5.75 Å². The summed E-state index contributed by atoms with van der Waals surface area (Å²) in [5.41, 5.74) is -0.364. The van der Waals surface area contributed by atoms with Crippen LogP contribution in [-0.2, 0) is 9.59 Å². The van der Waals surface area contributed by atoms with Crippen LogP contribution >= 0.6 is 0 Å². The molecule has 1 aliphatic heterocycles. The molecule has 1 heterocycles. The second-order valence-electron chi connectivity index (χ2n) is 6.28. The number of hydrogen-bond donors (Lipinski definition) is 1. The molecule has 0 aromatic heterocycles. The molecule has 0 radical (unpaired) electrons. The summed E-state index contributed by atoms with van der Waals surface area (Å²) in [6, 6.07) is 3.59. The number of amides is 2. The third kappa shape index (κ3) is 1.82. The lowest BCUT2D eigenvalue weighted by molar-refractivity contribution is -0.385. The van der Waals surface area contributed by atoms with E-state index in [1.165, 1.54) is 6.07 Å². The van der Waals surface area contributed by atoms with E-state index in [0.29, 0.717) is 0 Å². The van der Waals surface area contributed by atoms with Crippen molar-refractivity contribution in [2.24, 2.45) is 23.7 Å². The highest BCUT2D eigenvalue weighted by Crippen LogP contribution is 2.50. The number of fused-ring (bicyclic) bond motifs is 1. The Kier molecular flexibility index (Phi) is 2.81. The normalized spacial score (nSPS) is 31.6. The number of anilines is 1. The first-order chi connectivity index (χ1) is 11.0. The van der Waals surface area contributed by atoms with Gasteiger partial charge in [0.05, 0.1) is 22.4 Å². The number of phenols is 1. The third-order valence-corrected chi connectivity index (χ3v) is 5.17. The van der Waals surface area contributed by atoms with Crippen molar-refractivity contribution in [2.75, 3.05) is 4.90 Å². The highest BCUT2D eigenvalue weighted by Gasteiger charge is 2.57. The maximum absolute atomic E-state index is 12.7. The monoisotopic (exact) mass is 314 g/mol. The van der Waals surface area contributed by atoms with Crippen LogP contribution in [-0.4, -0.2) is 21.8 Å². The van der Waals surface area contributed by atoms with Gasteiger partial charge in [0.15, 0.2) is 5.75 Å². The van der Waals surface area contributed by atoms with Crippen molar-refractivity contribution in [3.63, 3.8) is 0 Å². The van der Waals surface area contributed by atoms with Crippen LogP contribution in [0.4, 0.5) is 11.4 Å². The number of benzene rings is 1. The minimum Gasteiger partial charge on any atom is -0.502 e. The van der Waals surface area contributed by atoms with Crippen molar-refractivity contribution < 1.29 is 19.6 Å². The van der Waals surface area contributed by atoms with Crippen LogP contribution in [0, 0.1) is 33.8 Å². The van der Waals surface area contributed by atoms with E-state index in [1.807, 2.05) is 12.2 Å². The molecule has 23 heavy (non-hydrogen) atoms. The van der Waals surface area contributed by atoms with Gasteiger partial charge in [-0.15, -0.1) is 0 Å². The van der Waals surface area contributed by atoms with E-state index in [9.17, 15) is 24.8 Å². The second kappa shape index (κ2) is 4.65. The lowest BCUT2D eigenvalue weighted by Gasteiger charge is -2.38. The number of hydrogen-bond acceptors (Lipinski definition) is 5. The van der Waals surface area contributed by atoms with E-state index >= 15 is 0 Å². The fourth-order valence-electron chi connectivity index (χ4n) is 4.13. The van der Waals surface area contributed by atoms with E-state index in [1.54, 1.807) is 0 Å². The van der Waals surface area contributed by atoms with E-state index < -0.39 is 16.4 Å². The molecule has 5 rings (SSSR count). The number of nitro groups is 1. The average Bonchev–Trinajstić information content (AvgIpc) is 2.83. The smallest absolute Gasteiger partial charge is 0.312 e. The van der Waals surface area contributed by atoms with Gasteiger partial charge in [0, 0.05) is 6.07 Å². The maximum atomic E-state index is 12.7. The van der Waals surface area contributed by atoms with Crippen LogP contribution in [0.2, 0.25) is 0 Å². The molecule has 0 spiro atoms. The predicted octanol–water partition coefficient (Wildman–Crippen LogP) is 2.00. The number of aromatic hydroxyl groups is 1. The summed E-state index contributed by atoms with van der Waals surface area (Å²) in [5, 5.41) is 20.5. The summed E-state index contributed by atoms with van der Waals surface area (Å²) in [6.45, 7) is 0. The number of allylic oxidation sites excluding steroid dienone is 2. The minimum absolute atomic E-state index is 0.0681. The number of nitrogens with zero attached hydrogens (tertiary/aromatic N) is 2. The van der Waals surface area contributed by atoms with E-state index in [0.717, 1.165) is 29.9 Å². The summed E-state index contributed by atoms with van der Waals surface area (Å²) >= 11 is 0. The summed E-state index contributed by atoms with van der Waals surface area (Å²) in [4.78, 5) is 36.8. The molecule has 4 aliphatic rings. The molecule has 2 bridgehead atoms. The first-order valence-corrected chi connectivity index (χ1v) is 7.52. The number of rotatable bonds is 2. The Balaban J connectivity index is 1.76. The van der Waals surface area contributed by atoms with Crippen LogP contribution in [0.1, 0.15) is 12.8 Å². The zero-order valence-electron chi connectivity index (χ0n) is 12.1. The van der Waals surface area contributed by atoms with Crippen LogP contribution in [0.15, 0.2) is 30.4 Å². The molecule has 7 heteroatoms. The highest BCUT2D eigenvalue weighted by atomic mass is 16.6. The lowest BCUT2D eigenvalue weighted by atomic mass is 9.63. The quantitative estimate of drug-likeness (QED) is 0.389. The molecule has 2 fully saturated rings. The average molecular weight is 314 g/mol. The van der Waals surface area contributed by atoms with Gasteiger partial charge in [-0.2, -0.15) is 0 Å². The fourth-order valence-corrected chi connectivity index (χ4v) is 4.13. The van der Waals surface area contributed by atoms with Gasteiger partial charge in [-0.25, -0.2) is 4.90 Å². The number of nitro benzene ring substituents is 1.